The number of aryl methyl sites for hydroxylation is 1. The highest BCUT2D eigenvalue weighted by Gasteiger charge is 2.65. The van der Waals surface area contributed by atoms with E-state index < -0.39 is 81.4 Å². The van der Waals surface area contributed by atoms with Crippen molar-refractivity contribution in [1.29, 1.82) is 0 Å². The molecule has 4 aliphatic rings. The highest BCUT2D eigenvalue weighted by atomic mass is 32.2. The van der Waals surface area contributed by atoms with Crippen molar-refractivity contribution in [3.05, 3.63) is 48.0 Å². The molecule has 5 atom stereocenters. The molecule has 0 radical (unpaired) electrons. The van der Waals surface area contributed by atoms with Gasteiger partial charge in [-0.1, -0.05) is 30.1 Å². The predicted octanol–water partition coefficient (Wildman–Crippen LogP) is 2.91. The van der Waals surface area contributed by atoms with Gasteiger partial charge in [0.15, 0.2) is 0 Å². The van der Waals surface area contributed by atoms with Crippen molar-refractivity contribution in [3.63, 3.8) is 0 Å². The summed E-state index contributed by atoms with van der Waals surface area (Å²) in [4.78, 5) is 52.5. The lowest BCUT2D eigenvalue weighted by molar-refractivity contribution is -0.141. The van der Waals surface area contributed by atoms with Crippen LogP contribution in [-0.2, 0) is 31.0 Å². The molecule has 2 aromatic heterocycles. The topological polar surface area (TPSA) is 186 Å². The number of rotatable bonds is 8. The Kier molecular flexibility index (Phi) is 9.45. The van der Waals surface area contributed by atoms with Gasteiger partial charge in [-0.15, -0.1) is 0 Å². The van der Waals surface area contributed by atoms with Crippen molar-refractivity contribution in [1.82, 2.24) is 35.4 Å². The Balaban J connectivity index is 1.18. The number of fused-ring (bicyclic) bond motifs is 3. The third-order valence-electron chi connectivity index (χ3n) is 10.2. The molecule has 0 bridgehead atoms. The van der Waals surface area contributed by atoms with E-state index in [0.29, 0.717) is 54.6 Å². The van der Waals surface area contributed by atoms with Crippen molar-refractivity contribution < 1.29 is 40.8 Å². The van der Waals surface area contributed by atoms with Gasteiger partial charge in [0.1, 0.15) is 23.4 Å². The maximum Gasteiger partial charge on any atom is 0.259 e. The van der Waals surface area contributed by atoms with Crippen LogP contribution in [0.4, 0.5) is 8.78 Å². The van der Waals surface area contributed by atoms with Gasteiger partial charge >= 0.3 is 0 Å². The number of halogens is 2. The highest BCUT2D eigenvalue weighted by molar-refractivity contribution is 7.91. The van der Waals surface area contributed by atoms with Gasteiger partial charge in [-0.05, 0) is 57.1 Å². The molecule has 2 aliphatic carbocycles. The number of carbonyl (C=O) groups is 3. The van der Waals surface area contributed by atoms with Crippen LogP contribution < -0.4 is 20.1 Å². The van der Waals surface area contributed by atoms with E-state index >= 15 is 8.78 Å². The first kappa shape index (κ1) is 35.2. The van der Waals surface area contributed by atoms with Crippen LogP contribution in [0.3, 0.4) is 0 Å². The monoisotopic (exact) mass is 729 g/mol. The maximum absolute atomic E-state index is 15.3. The van der Waals surface area contributed by atoms with Crippen LogP contribution in [0.1, 0.15) is 75.7 Å². The average Bonchev–Trinajstić information content (AvgIpc) is 3.97. The minimum Gasteiger partial charge on any atom is -0.471 e. The van der Waals surface area contributed by atoms with Crippen LogP contribution in [0.15, 0.2) is 41.1 Å². The molecule has 0 spiro atoms. The van der Waals surface area contributed by atoms with Crippen molar-refractivity contribution >= 4 is 38.8 Å². The van der Waals surface area contributed by atoms with Crippen molar-refractivity contribution in [2.45, 2.75) is 113 Å². The standard InChI is InChI=1S/C34H41F2N7O7S/c1-20-13-22(41-50-20)17-37-27-9-3-2-6-12-33(35,36)15-21-16-34(21,32(46)42-51(47,48)24-10-11-24)40-30(44)28-14-23(19-43(28)31(27)45)49-29-18-38-25-7-4-5-8-26(25)39-29/h4-5,7-8,13,18,21,23-24,27-28,37H,2-3,6,9-12,14-17,19H2,1H3,(H,40,44)(H,42,46)/t21-,23-,27+,28+,34-/m1/s1. The SMILES string of the molecule is Cc1cc(CN[C@H]2CCCCCC(F)(F)C[C@@H]3C[C@@]3(C(=O)NS(=O)(=O)C3CC3)NC(=O)[C@@H]3C[C@@H](Oc4cnc5ccccc5n4)CN3C2=O)no1. The summed E-state index contributed by atoms with van der Waals surface area (Å²) in [6.07, 6.45) is 1.61. The quantitative estimate of drug-likeness (QED) is 0.310. The first-order valence-corrected chi connectivity index (χ1v) is 19.0. The Hall–Kier alpha value is -4.25. The van der Waals surface area contributed by atoms with Gasteiger partial charge in [0.25, 0.3) is 5.91 Å². The van der Waals surface area contributed by atoms with E-state index in [1.165, 1.54) is 11.1 Å². The Morgan fingerprint density at radius 3 is 2.65 bits per heavy atom. The van der Waals surface area contributed by atoms with Crippen molar-refractivity contribution in [2.24, 2.45) is 5.92 Å². The summed E-state index contributed by atoms with van der Waals surface area (Å²) in [5.41, 5.74) is -0.0550. The van der Waals surface area contributed by atoms with Crippen LogP contribution in [0.2, 0.25) is 0 Å². The summed E-state index contributed by atoms with van der Waals surface area (Å²) in [7, 11) is -4.04. The van der Waals surface area contributed by atoms with Crippen LogP contribution in [0.5, 0.6) is 5.88 Å². The Morgan fingerprint density at radius 1 is 1.12 bits per heavy atom. The summed E-state index contributed by atoms with van der Waals surface area (Å²) >= 11 is 0. The summed E-state index contributed by atoms with van der Waals surface area (Å²) in [5, 5.41) is 9.14. The van der Waals surface area contributed by atoms with E-state index in [1.807, 2.05) is 12.1 Å². The van der Waals surface area contributed by atoms with E-state index in [0.717, 1.165) is 0 Å². The summed E-state index contributed by atoms with van der Waals surface area (Å²) < 4.78 is 69.5. The van der Waals surface area contributed by atoms with E-state index in [9.17, 15) is 22.8 Å². The second kappa shape index (κ2) is 13.7. The fourth-order valence-electron chi connectivity index (χ4n) is 7.21. The van der Waals surface area contributed by atoms with Crippen molar-refractivity contribution in [2.75, 3.05) is 6.54 Å². The van der Waals surface area contributed by atoms with Crippen molar-refractivity contribution in [3.8, 4) is 5.88 Å². The molecule has 14 nitrogen and oxygen atoms in total. The normalized spacial score (nSPS) is 28.6. The molecule has 1 aromatic carbocycles. The predicted molar refractivity (Wildman–Crippen MR) is 178 cm³/mol. The maximum atomic E-state index is 15.3. The summed E-state index contributed by atoms with van der Waals surface area (Å²) in [6.45, 7) is 1.92. The molecule has 4 heterocycles. The molecule has 3 amide bonds. The fraction of sp³-hybridized carbons (Fsp3) is 0.588. The number of para-hydroxylation sites is 2. The van der Waals surface area contributed by atoms with Crippen LogP contribution in [-0.4, -0.2) is 87.6 Å². The lowest BCUT2D eigenvalue weighted by atomic mass is 10.00. The number of alkyl halides is 2. The van der Waals surface area contributed by atoms with Gasteiger partial charge in [0.2, 0.25) is 33.6 Å². The third-order valence-corrected chi connectivity index (χ3v) is 12.0. The van der Waals surface area contributed by atoms with Crippen LogP contribution >= 0.6 is 0 Å². The van der Waals surface area contributed by atoms with Gasteiger partial charge in [0, 0.05) is 31.9 Å². The fourth-order valence-corrected chi connectivity index (χ4v) is 8.57. The number of ether oxygens (including phenoxy) is 1. The lowest BCUT2D eigenvalue weighted by Gasteiger charge is -2.30. The molecule has 7 rings (SSSR count). The zero-order valence-electron chi connectivity index (χ0n) is 28.1. The molecule has 3 aromatic rings. The number of benzene rings is 1. The number of amides is 3. The largest absolute Gasteiger partial charge is 0.471 e. The van der Waals surface area contributed by atoms with E-state index in [2.05, 4.69) is 30.5 Å². The highest BCUT2D eigenvalue weighted by Crippen LogP contribution is 2.51. The minimum absolute atomic E-state index is 0.000178. The molecule has 0 unspecified atom stereocenters. The van der Waals surface area contributed by atoms with Gasteiger partial charge in [0.05, 0.1) is 40.8 Å². The smallest absolute Gasteiger partial charge is 0.259 e. The van der Waals surface area contributed by atoms with Gasteiger partial charge in [-0.25, -0.2) is 27.2 Å². The molecule has 2 saturated heterocycles. The first-order chi connectivity index (χ1) is 24.3. The molecule has 17 heteroatoms. The third kappa shape index (κ3) is 7.83. The summed E-state index contributed by atoms with van der Waals surface area (Å²) in [6, 6.07) is 6.99. The molecule has 3 N–H and O–H groups in total. The molecule has 2 saturated carbocycles. The number of hydrogen-bond donors (Lipinski definition) is 3. The molecular weight excluding hydrogens is 688 g/mol. The number of carbonyl (C=O) groups excluding carboxylic acids is 3. The van der Waals surface area contributed by atoms with Crippen LogP contribution in [0.25, 0.3) is 11.0 Å². The number of sulfonamides is 1. The average molecular weight is 730 g/mol. The van der Waals surface area contributed by atoms with E-state index in [4.69, 9.17) is 9.26 Å². The Bertz CT molecular complexity index is 1920. The molecular formula is C34H41F2N7O7S. The van der Waals surface area contributed by atoms with E-state index in [-0.39, 0.29) is 38.2 Å². The first-order valence-electron chi connectivity index (χ1n) is 17.4. The molecule has 274 valence electrons. The zero-order valence-corrected chi connectivity index (χ0v) is 29.0. The van der Waals surface area contributed by atoms with Gasteiger partial charge in [-0.2, -0.15) is 0 Å². The number of hydrogen-bond acceptors (Lipinski definition) is 11. The summed E-state index contributed by atoms with van der Waals surface area (Å²) in [5.74, 6) is -5.57. The second-order valence-electron chi connectivity index (χ2n) is 14.2. The Labute approximate surface area is 293 Å². The molecule has 4 fully saturated rings. The minimum atomic E-state index is -4.04. The van der Waals surface area contributed by atoms with Gasteiger partial charge < -0.3 is 24.8 Å². The van der Waals surface area contributed by atoms with E-state index in [1.54, 1.807) is 25.1 Å². The number of aromatic nitrogens is 3. The Morgan fingerprint density at radius 2 is 1.90 bits per heavy atom. The molecule has 51 heavy (non-hydrogen) atoms. The number of nitrogens with one attached hydrogen (secondary N) is 3. The number of nitrogens with zero attached hydrogens (tertiary/aromatic N) is 4. The second-order valence-corrected chi connectivity index (χ2v) is 16.2. The lowest BCUT2D eigenvalue weighted by Crippen LogP contribution is -2.58. The van der Waals surface area contributed by atoms with Crippen LogP contribution in [0, 0.1) is 12.8 Å². The zero-order chi connectivity index (χ0) is 36.0. The molecule has 2 aliphatic heterocycles. The van der Waals surface area contributed by atoms with Gasteiger partial charge in [-0.3, -0.25) is 19.1 Å².